The molecule has 0 aliphatic heterocycles. The van der Waals surface area contributed by atoms with Gasteiger partial charge in [-0.1, -0.05) is 26.2 Å². The van der Waals surface area contributed by atoms with Crippen LogP contribution in [0.25, 0.3) is 0 Å². The third kappa shape index (κ3) is 1.97. The van der Waals surface area contributed by atoms with Gasteiger partial charge in [0.05, 0.1) is 0 Å². The molecule has 3 aliphatic rings. The minimum atomic E-state index is 1.03. The number of fused-ring (bicyclic) bond motifs is 1. The lowest BCUT2D eigenvalue weighted by atomic mass is 9.59. The summed E-state index contributed by atoms with van der Waals surface area (Å²) >= 11 is 0. The Labute approximate surface area is 94.8 Å². The highest BCUT2D eigenvalue weighted by atomic mass is 14.4. The molecule has 15 heavy (non-hydrogen) atoms. The van der Waals surface area contributed by atoms with Crippen LogP contribution in [0.15, 0.2) is 0 Å². The van der Waals surface area contributed by atoms with Crippen LogP contribution < -0.4 is 0 Å². The van der Waals surface area contributed by atoms with E-state index in [1.165, 1.54) is 24.7 Å². The van der Waals surface area contributed by atoms with E-state index >= 15 is 0 Å². The minimum Gasteiger partial charge on any atom is -0.0625 e. The lowest BCUT2D eigenvalue weighted by Gasteiger charge is -2.47. The second kappa shape index (κ2) is 4.11. The molecule has 3 saturated carbocycles. The van der Waals surface area contributed by atoms with E-state index in [0.717, 1.165) is 17.8 Å². The molecule has 0 radical (unpaired) electrons. The second-order valence-electron chi connectivity index (χ2n) is 6.70. The molecular weight excluding hydrogens is 180 g/mol. The maximum atomic E-state index is 2.47. The zero-order valence-corrected chi connectivity index (χ0v) is 10.3. The molecule has 3 fully saturated rings. The molecule has 0 spiro atoms. The highest BCUT2D eigenvalue weighted by Gasteiger charge is 2.39. The van der Waals surface area contributed by atoms with Gasteiger partial charge in [-0.2, -0.15) is 0 Å². The smallest absolute Gasteiger partial charge is 0.0383 e. The predicted octanol–water partition coefficient (Wildman–Crippen LogP) is 4.64. The largest absolute Gasteiger partial charge is 0.0625 e. The van der Waals surface area contributed by atoms with Gasteiger partial charge in [-0.15, -0.1) is 0 Å². The average Bonchev–Trinajstić information content (AvgIpc) is 2.20. The summed E-state index contributed by atoms with van der Waals surface area (Å²) in [5, 5.41) is 0. The van der Waals surface area contributed by atoms with Crippen LogP contribution in [0.2, 0.25) is 0 Å². The van der Waals surface area contributed by atoms with Crippen molar-refractivity contribution in [3.63, 3.8) is 0 Å². The van der Waals surface area contributed by atoms with E-state index in [1.807, 2.05) is 0 Å². The van der Waals surface area contributed by atoms with Crippen LogP contribution in [0.3, 0.4) is 0 Å². The topological polar surface area (TPSA) is 0 Å². The molecular formula is C15H26. The van der Waals surface area contributed by atoms with Crippen molar-refractivity contribution >= 4 is 0 Å². The van der Waals surface area contributed by atoms with E-state index in [0.29, 0.717) is 0 Å². The molecule has 0 N–H and O–H groups in total. The molecule has 5 unspecified atom stereocenters. The van der Waals surface area contributed by atoms with Gasteiger partial charge in [0.1, 0.15) is 0 Å². The highest BCUT2D eigenvalue weighted by Crippen LogP contribution is 2.50. The Kier molecular flexibility index (Phi) is 2.79. The van der Waals surface area contributed by atoms with E-state index in [2.05, 4.69) is 6.92 Å². The number of rotatable bonds is 1. The molecule has 86 valence electrons. The van der Waals surface area contributed by atoms with Crippen molar-refractivity contribution in [3.05, 3.63) is 0 Å². The van der Waals surface area contributed by atoms with Crippen LogP contribution in [0, 0.1) is 29.6 Å². The van der Waals surface area contributed by atoms with Gasteiger partial charge in [-0.25, -0.2) is 0 Å². The molecule has 0 nitrogen and oxygen atoms in total. The Morgan fingerprint density at radius 3 is 1.87 bits per heavy atom. The minimum absolute atomic E-state index is 1.03. The first-order valence-electron chi connectivity index (χ1n) is 7.33. The van der Waals surface area contributed by atoms with Crippen LogP contribution in [0.1, 0.15) is 64.7 Å². The Hall–Kier alpha value is 0. The van der Waals surface area contributed by atoms with Crippen LogP contribution >= 0.6 is 0 Å². The van der Waals surface area contributed by atoms with Crippen LogP contribution in [-0.2, 0) is 0 Å². The standard InChI is InChI=1S/C15H26/c1-11-3-2-4-13(9-11)15-8-6-12-5-7-14(12)10-15/h11-15H,2-10H2,1H3. The Morgan fingerprint density at radius 2 is 1.20 bits per heavy atom. The van der Waals surface area contributed by atoms with Gasteiger partial charge in [0.25, 0.3) is 0 Å². The van der Waals surface area contributed by atoms with Gasteiger partial charge in [0.15, 0.2) is 0 Å². The van der Waals surface area contributed by atoms with Crippen molar-refractivity contribution < 1.29 is 0 Å². The van der Waals surface area contributed by atoms with E-state index < -0.39 is 0 Å². The molecule has 5 atom stereocenters. The first-order valence-corrected chi connectivity index (χ1v) is 7.33. The van der Waals surface area contributed by atoms with Gasteiger partial charge in [-0.3, -0.25) is 0 Å². The molecule has 0 aromatic rings. The fraction of sp³-hybridized carbons (Fsp3) is 1.00. The van der Waals surface area contributed by atoms with E-state index in [1.54, 1.807) is 44.9 Å². The normalized spacial score (nSPS) is 50.6. The summed E-state index contributed by atoms with van der Waals surface area (Å²) in [7, 11) is 0. The van der Waals surface area contributed by atoms with Crippen molar-refractivity contribution in [2.45, 2.75) is 64.7 Å². The maximum Gasteiger partial charge on any atom is -0.0383 e. The summed E-state index contributed by atoms with van der Waals surface area (Å²) in [6.45, 7) is 2.47. The van der Waals surface area contributed by atoms with Gasteiger partial charge < -0.3 is 0 Å². The van der Waals surface area contributed by atoms with E-state index in [9.17, 15) is 0 Å². The van der Waals surface area contributed by atoms with Crippen molar-refractivity contribution in [1.82, 2.24) is 0 Å². The summed E-state index contributed by atoms with van der Waals surface area (Å²) in [6, 6.07) is 0. The summed E-state index contributed by atoms with van der Waals surface area (Å²) in [5.41, 5.74) is 0. The lowest BCUT2D eigenvalue weighted by molar-refractivity contribution is 0.0418. The van der Waals surface area contributed by atoms with Gasteiger partial charge in [-0.05, 0) is 68.1 Å². The maximum absolute atomic E-state index is 2.47. The molecule has 0 saturated heterocycles. The number of hydrogen-bond acceptors (Lipinski definition) is 0. The molecule has 0 heterocycles. The number of hydrogen-bond donors (Lipinski definition) is 0. The monoisotopic (exact) mass is 206 g/mol. The Balaban J connectivity index is 1.57. The van der Waals surface area contributed by atoms with Crippen molar-refractivity contribution in [2.24, 2.45) is 29.6 Å². The second-order valence-corrected chi connectivity index (χ2v) is 6.70. The zero-order valence-electron chi connectivity index (χ0n) is 10.3. The molecule has 3 rings (SSSR count). The molecule has 0 amide bonds. The fourth-order valence-electron chi connectivity index (χ4n) is 4.60. The molecule has 0 aromatic carbocycles. The third-order valence-electron chi connectivity index (χ3n) is 5.73. The molecule has 0 aromatic heterocycles. The first kappa shape index (κ1) is 10.2. The molecule has 3 aliphatic carbocycles. The Bertz CT molecular complexity index is 220. The molecule has 0 heteroatoms. The van der Waals surface area contributed by atoms with Crippen LogP contribution in [-0.4, -0.2) is 0 Å². The third-order valence-corrected chi connectivity index (χ3v) is 5.73. The average molecular weight is 206 g/mol. The summed E-state index contributed by atoms with van der Waals surface area (Å²) in [4.78, 5) is 0. The van der Waals surface area contributed by atoms with Crippen molar-refractivity contribution in [1.29, 1.82) is 0 Å². The SMILES string of the molecule is CC1CCCC(C2CCC3CCC3C2)C1. The first-order chi connectivity index (χ1) is 7.33. The van der Waals surface area contributed by atoms with E-state index in [4.69, 9.17) is 0 Å². The van der Waals surface area contributed by atoms with Crippen molar-refractivity contribution in [2.75, 3.05) is 0 Å². The lowest BCUT2D eigenvalue weighted by Crippen LogP contribution is -2.36. The van der Waals surface area contributed by atoms with Crippen LogP contribution in [0.4, 0.5) is 0 Å². The summed E-state index contributed by atoms with van der Waals surface area (Å²) < 4.78 is 0. The quantitative estimate of drug-likeness (QED) is 0.586. The fourth-order valence-corrected chi connectivity index (χ4v) is 4.60. The van der Waals surface area contributed by atoms with Crippen LogP contribution in [0.5, 0.6) is 0 Å². The van der Waals surface area contributed by atoms with Gasteiger partial charge in [0, 0.05) is 0 Å². The van der Waals surface area contributed by atoms with Gasteiger partial charge >= 0.3 is 0 Å². The van der Waals surface area contributed by atoms with Crippen molar-refractivity contribution in [3.8, 4) is 0 Å². The van der Waals surface area contributed by atoms with Gasteiger partial charge in [0.2, 0.25) is 0 Å². The summed E-state index contributed by atoms with van der Waals surface area (Å²) in [5.74, 6) is 5.62. The molecule has 0 bridgehead atoms. The van der Waals surface area contributed by atoms with E-state index in [-0.39, 0.29) is 0 Å². The predicted molar refractivity (Wildman–Crippen MR) is 64.7 cm³/mol. The highest BCUT2D eigenvalue weighted by molar-refractivity contribution is 4.90. The summed E-state index contributed by atoms with van der Waals surface area (Å²) in [6.07, 6.45) is 14.1. The zero-order chi connectivity index (χ0) is 10.3. The Morgan fingerprint density at radius 1 is 0.600 bits per heavy atom.